The van der Waals surface area contributed by atoms with Crippen LogP contribution in [0.1, 0.15) is 25.1 Å². The number of aromatic nitrogens is 2. The van der Waals surface area contributed by atoms with E-state index >= 15 is 0 Å². The highest BCUT2D eigenvalue weighted by Gasteiger charge is 2.29. The minimum absolute atomic E-state index is 0.0481. The summed E-state index contributed by atoms with van der Waals surface area (Å²) in [5, 5.41) is 14.3. The topological polar surface area (TPSA) is 67.3 Å². The van der Waals surface area contributed by atoms with Crippen LogP contribution in [-0.4, -0.2) is 34.1 Å². The van der Waals surface area contributed by atoms with E-state index in [1.807, 2.05) is 67.7 Å². The average molecular weight is 288 g/mol. The van der Waals surface area contributed by atoms with E-state index in [4.69, 9.17) is 5.73 Å². The molecule has 0 bridgehead atoms. The molecule has 3 N–H and O–H groups in total. The van der Waals surface area contributed by atoms with Gasteiger partial charge >= 0.3 is 0 Å². The summed E-state index contributed by atoms with van der Waals surface area (Å²) < 4.78 is 1.90. The molecule has 1 aromatic heterocycles. The molecule has 1 heterocycles. The Morgan fingerprint density at radius 1 is 1.29 bits per heavy atom. The van der Waals surface area contributed by atoms with Crippen molar-refractivity contribution >= 4 is 5.82 Å². The van der Waals surface area contributed by atoms with Crippen LogP contribution in [0.25, 0.3) is 5.69 Å². The highest BCUT2D eigenvalue weighted by Crippen LogP contribution is 2.30. The van der Waals surface area contributed by atoms with Crippen molar-refractivity contribution in [1.82, 2.24) is 9.78 Å². The van der Waals surface area contributed by atoms with E-state index in [9.17, 15) is 5.11 Å². The fourth-order valence-corrected chi connectivity index (χ4v) is 2.27. The van der Waals surface area contributed by atoms with Gasteiger partial charge in [0, 0.05) is 19.2 Å². The van der Waals surface area contributed by atoms with E-state index in [0.717, 1.165) is 22.8 Å². The van der Waals surface area contributed by atoms with Crippen molar-refractivity contribution < 1.29 is 5.11 Å². The first-order valence-electron chi connectivity index (χ1n) is 7.11. The number of anilines is 1. The fraction of sp³-hybridized carbons (Fsp3) is 0.438. The number of aryl methyl sites for hydroxylation is 1. The number of aliphatic hydroxyl groups is 1. The molecule has 0 unspecified atom stereocenters. The zero-order valence-electron chi connectivity index (χ0n) is 13.2. The molecule has 0 fully saturated rings. The second-order valence-corrected chi connectivity index (χ2v) is 5.87. The van der Waals surface area contributed by atoms with Gasteiger partial charge in [-0.2, -0.15) is 5.10 Å². The van der Waals surface area contributed by atoms with Crippen LogP contribution in [-0.2, 0) is 6.54 Å². The average Bonchev–Trinajstić information content (AvgIpc) is 2.83. The SMILES string of the molecule is Cc1nn(-c2ccccc2)c(N(C)C(C)(C)CO)c1CN. The normalized spacial score (nSPS) is 11.7. The van der Waals surface area contributed by atoms with Gasteiger partial charge in [0.25, 0.3) is 0 Å². The van der Waals surface area contributed by atoms with Gasteiger partial charge in [-0.25, -0.2) is 4.68 Å². The maximum atomic E-state index is 9.66. The van der Waals surface area contributed by atoms with Crippen LogP contribution < -0.4 is 10.6 Å². The van der Waals surface area contributed by atoms with Gasteiger partial charge in [-0.3, -0.25) is 0 Å². The molecule has 5 nitrogen and oxygen atoms in total. The van der Waals surface area contributed by atoms with Crippen molar-refractivity contribution in [2.75, 3.05) is 18.6 Å². The first kappa shape index (κ1) is 15.5. The smallest absolute Gasteiger partial charge is 0.137 e. The molecule has 0 aliphatic rings. The number of likely N-dealkylation sites (N-methyl/N-ethyl adjacent to an activating group) is 1. The Labute approximate surface area is 126 Å². The van der Waals surface area contributed by atoms with Crippen LogP contribution in [0.2, 0.25) is 0 Å². The van der Waals surface area contributed by atoms with Crippen LogP contribution in [0.4, 0.5) is 5.82 Å². The second kappa shape index (κ2) is 5.87. The maximum Gasteiger partial charge on any atom is 0.137 e. The fourth-order valence-electron chi connectivity index (χ4n) is 2.27. The van der Waals surface area contributed by atoms with Gasteiger partial charge in [-0.05, 0) is 32.9 Å². The monoisotopic (exact) mass is 288 g/mol. The van der Waals surface area contributed by atoms with Crippen molar-refractivity contribution in [2.24, 2.45) is 5.73 Å². The summed E-state index contributed by atoms with van der Waals surface area (Å²) in [6.07, 6.45) is 0. The lowest BCUT2D eigenvalue weighted by Crippen LogP contribution is -2.45. The van der Waals surface area contributed by atoms with Crippen LogP contribution in [0.3, 0.4) is 0 Å². The number of nitrogens with zero attached hydrogens (tertiary/aromatic N) is 3. The quantitative estimate of drug-likeness (QED) is 0.881. The van der Waals surface area contributed by atoms with E-state index < -0.39 is 5.54 Å². The molecular weight excluding hydrogens is 264 g/mol. The van der Waals surface area contributed by atoms with E-state index in [-0.39, 0.29) is 6.61 Å². The van der Waals surface area contributed by atoms with Gasteiger partial charge in [-0.1, -0.05) is 18.2 Å². The van der Waals surface area contributed by atoms with E-state index in [1.54, 1.807) is 0 Å². The molecule has 114 valence electrons. The summed E-state index contributed by atoms with van der Waals surface area (Å²) in [7, 11) is 1.96. The molecule has 0 aliphatic heterocycles. The summed E-state index contributed by atoms with van der Waals surface area (Å²) in [5.41, 5.74) is 8.42. The molecule has 5 heteroatoms. The van der Waals surface area contributed by atoms with Gasteiger partial charge in [0.1, 0.15) is 5.82 Å². The number of hydrogen-bond donors (Lipinski definition) is 2. The molecule has 2 rings (SSSR count). The molecule has 0 saturated carbocycles. The summed E-state index contributed by atoms with van der Waals surface area (Å²) in [4.78, 5) is 2.04. The third-order valence-corrected chi connectivity index (χ3v) is 3.97. The predicted octanol–water partition coefficient (Wildman–Crippen LogP) is 1.85. The molecule has 21 heavy (non-hydrogen) atoms. The first-order valence-corrected chi connectivity index (χ1v) is 7.11. The Hall–Kier alpha value is -1.85. The molecule has 1 aromatic carbocycles. The molecule has 0 amide bonds. The second-order valence-electron chi connectivity index (χ2n) is 5.87. The highest BCUT2D eigenvalue weighted by molar-refractivity contribution is 5.56. The van der Waals surface area contributed by atoms with Crippen LogP contribution >= 0.6 is 0 Å². The maximum absolute atomic E-state index is 9.66. The Morgan fingerprint density at radius 3 is 2.43 bits per heavy atom. The van der Waals surface area contributed by atoms with Crippen LogP contribution in [0.5, 0.6) is 0 Å². The molecule has 0 atom stereocenters. The zero-order chi connectivity index (χ0) is 15.6. The van der Waals surface area contributed by atoms with Crippen molar-refractivity contribution in [3.05, 3.63) is 41.6 Å². The molecular formula is C16H24N4O. The van der Waals surface area contributed by atoms with E-state index in [0.29, 0.717) is 6.54 Å². The number of hydrogen-bond acceptors (Lipinski definition) is 4. The predicted molar refractivity (Wildman–Crippen MR) is 85.8 cm³/mol. The summed E-state index contributed by atoms with van der Waals surface area (Å²) in [6, 6.07) is 9.96. The molecule has 0 spiro atoms. The molecule has 2 aromatic rings. The van der Waals surface area contributed by atoms with Crippen molar-refractivity contribution in [2.45, 2.75) is 32.9 Å². The molecule has 0 saturated heterocycles. The Balaban J connectivity index is 2.63. The number of para-hydroxylation sites is 1. The highest BCUT2D eigenvalue weighted by atomic mass is 16.3. The number of benzene rings is 1. The third kappa shape index (κ3) is 2.80. The minimum atomic E-state index is -0.400. The lowest BCUT2D eigenvalue weighted by atomic mass is 10.0. The number of aliphatic hydroxyl groups excluding tert-OH is 1. The van der Waals surface area contributed by atoms with Gasteiger partial charge in [-0.15, -0.1) is 0 Å². The van der Waals surface area contributed by atoms with Gasteiger partial charge in [0.2, 0.25) is 0 Å². The van der Waals surface area contributed by atoms with Crippen molar-refractivity contribution in [3.63, 3.8) is 0 Å². The molecule has 0 aliphatic carbocycles. The van der Waals surface area contributed by atoms with Crippen molar-refractivity contribution in [3.8, 4) is 5.69 Å². The van der Waals surface area contributed by atoms with Crippen LogP contribution in [0.15, 0.2) is 30.3 Å². The van der Waals surface area contributed by atoms with Gasteiger partial charge in [0.05, 0.1) is 23.5 Å². The Morgan fingerprint density at radius 2 is 1.90 bits per heavy atom. The summed E-state index contributed by atoms with van der Waals surface area (Å²) in [5.74, 6) is 0.931. The summed E-state index contributed by atoms with van der Waals surface area (Å²) >= 11 is 0. The molecule has 0 radical (unpaired) electrons. The van der Waals surface area contributed by atoms with Crippen LogP contribution in [0, 0.1) is 6.92 Å². The summed E-state index contributed by atoms with van der Waals surface area (Å²) in [6.45, 7) is 6.41. The first-order chi connectivity index (χ1) is 9.92. The van der Waals surface area contributed by atoms with Crippen molar-refractivity contribution in [1.29, 1.82) is 0 Å². The number of nitrogens with two attached hydrogens (primary N) is 1. The Kier molecular flexibility index (Phi) is 4.34. The standard InChI is InChI=1S/C16H24N4O/c1-12-14(10-17)15(19(4)16(2,3)11-21)20(18-12)13-8-6-5-7-9-13/h5-9,21H,10-11,17H2,1-4H3. The largest absolute Gasteiger partial charge is 0.394 e. The zero-order valence-corrected chi connectivity index (χ0v) is 13.2. The van der Waals surface area contributed by atoms with E-state index in [2.05, 4.69) is 5.10 Å². The van der Waals surface area contributed by atoms with E-state index in [1.165, 1.54) is 0 Å². The lowest BCUT2D eigenvalue weighted by molar-refractivity contribution is 0.215. The minimum Gasteiger partial charge on any atom is -0.394 e. The lowest BCUT2D eigenvalue weighted by Gasteiger charge is -2.36. The number of rotatable bonds is 5. The van der Waals surface area contributed by atoms with Gasteiger partial charge in [0.15, 0.2) is 0 Å². The Bertz CT molecular complexity index is 604. The third-order valence-electron chi connectivity index (χ3n) is 3.97. The van der Waals surface area contributed by atoms with Gasteiger partial charge < -0.3 is 15.7 Å².